The fourth-order valence-electron chi connectivity index (χ4n) is 2.16. The van der Waals surface area contributed by atoms with Crippen molar-refractivity contribution in [3.05, 3.63) is 40.1 Å². The van der Waals surface area contributed by atoms with Crippen molar-refractivity contribution in [3.63, 3.8) is 0 Å². The molecule has 0 amide bonds. The molecule has 2 heterocycles. The highest BCUT2D eigenvalue weighted by atomic mass is 32.2. The number of H-pyrrole nitrogens is 2. The lowest BCUT2D eigenvalue weighted by atomic mass is 10.3. The van der Waals surface area contributed by atoms with Gasteiger partial charge in [-0.1, -0.05) is 0 Å². The zero-order valence-corrected chi connectivity index (χ0v) is 12.0. The molecular formula is C12H12N4O4S. The molecule has 2 aromatic heterocycles. The third-order valence-corrected chi connectivity index (χ3v) is 4.64. The highest BCUT2D eigenvalue weighted by molar-refractivity contribution is 7.92. The number of sulfonamides is 1. The highest BCUT2D eigenvalue weighted by Gasteiger charge is 2.22. The Morgan fingerprint density at radius 1 is 1.29 bits per heavy atom. The molecule has 3 N–H and O–H groups in total. The Morgan fingerprint density at radius 2 is 2.05 bits per heavy atom. The second-order valence-corrected chi connectivity index (χ2v) is 6.21. The third-order valence-electron chi connectivity index (χ3n) is 3.00. The van der Waals surface area contributed by atoms with Gasteiger partial charge in [-0.05, 0) is 32.0 Å². The number of nitrogens with zero attached hydrogens (tertiary/aromatic N) is 1. The van der Waals surface area contributed by atoms with E-state index >= 15 is 0 Å². The Hall–Kier alpha value is -2.55. The summed E-state index contributed by atoms with van der Waals surface area (Å²) < 4.78 is 32.1. The van der Waals surface area contributed by atoms with E-state index in [-0.39, 0.29) is 4.90 Å². The van der Waals surface area contributed by atoms with Crippen LogP contribution in [0.5, 0.6) is 0 Å². The summed E-state index contributed by atoms with van der Waals surface area (Å²) >= 11 is 0. The van der Waals surface area contributed by atoms with Crippen LogP contribution in [-0.4, -0.2) is 23.6 Å². The smallest absolute Gasteiger partial charge is 0.408 e. The van der Waals surface area contributed by atoms with E-state index in [4.69, 9.17) is 4.42 Å². The van der Waals surface area contributed by atoms with Gasteiger partial charge in [-0.3, -0.25) is 14.8 Å². The summed E-state index contributed by atoms with van der Waals surface area (Å²) in [5.41, 5.74) is 1.94. The molecule has 0 fully saturated rings. The topological polar surface area (TPSA) is 121 Å². The van der Waals surface area contributed by atoms with Crippen LogP contribution >= 0.6 is 0 Å². The van der Waals surface area contributed by atoms with Gasteiger partial charge in [0.05, 0.1) is 22.6 Å². The van der Waals surface area contributed by atoms with Crippen molar-refractivity contribution in [1.82, 2.24) is 15.2 Å². The number of aromatic nitrogens is 3. The van der Waals surface area contributed by atoms with Crippen LogP contribution in [0.15, 0.2) is 32.3 Å². The monoisotopic (exact) mass is 308 g/mol. The second-order valence-electron chi connectivity index (χ2n) is 4.59. The lowest BCUT2D eigenvalue weighted by Crippen LogP contribution is -2.14. The van der Waals surface area contributed by atoms with Gasteiger partial charge in [0.15, 0.2) is 5.58 Å². The molecule has 0 radical (unpaired) electrons. The molecule has 0 saturated heterocycles. The van der Waals surface area contributed by atoms with Crippen LogP contribution in [-0.2, 0) is 10.0 Å². The van der Waals surface area contributed by atoms with Crippen LogP contribution in [0, 0.1) is 13.8 Å². The maximum Gasteiger partial charge on any atom is 0.417 e. The molecule has 21 heavy (non-hydrogen) atoms. The normalized spacial score (nSPS) is 11.9. The molecule has 0 aliphatic rings. The number of hydrogen-bond acceptors (Lipinski definition) is 5. The van der Waals surface area contributed by atoms with Gasteiger partial charge in [-0.25, -0.2) is 13.2 Å². The molecule has 110 valence electrons. The van der Waals surface area contributed by atoms with Crippen molar-refractivity contribution in [2.75, 3.05) is 4.72 Å². The third kappa shape index (κ3) is 2.31. The van der Waals surface area contributed by atoms with Gasteiger partial charge < -0.3 is 4.42 Å². The van der Waals surface area contributed by atoms with Crippen LogP contribution in [0.3, 0.4) is 0 Å². The summed E-state index contributed by atoms with van der Waals surface area (Å²) in [6.07, 6.45) is 0. The van der Waals surface area contributed by atoms with Crippen LogP contribution in [0.2, 0.25) is 0 Å². The van der Waals surface area contributed by atoms with Crippen molar-refractivity contribution < 1.29 is 12.8 Å². The van der Waals surface area contributed by atoms with Gasteiger partial charge in [-0.2, -0.15) is 5.10 Å². The van der Waals surface area contributed by atoms with E-state index in [1.54, 1.807) is 13.8 Å². The second kappa shape index (κ2) is 4.48. The van der Waals surface area contributed by atoms with Crippen molar-refractivity contribution in [3.8, 4) is 0 Å². The number of aromatic amines is 2. The lowest BCUT2D eigenvalue weighted by molar-refractivity contribution is 0.555. The number of fused-ring (bicyclic) bond motifs is 1. The molecule has 0 atom stereocenters. The quantitative estimate of drug-likeness (QED) is 0.672. The molecule has 0 aliphatic carbocycles. The van der Waals surface area contributed by atoms with E-state index in [1.807, 2.05) is 0 Å². The molecule has 1 aromatic carbocycles. The number of rotatable bonds is 3. The fourth-order valence-corrected chi connectivity index (χ4v) is 3.58. The Labute approximate surface area is 119 Å². The molecule has 0 saturated carbocycles. The fraction of sp³-hybridized carbons (Fsp3) is 0.167. The average molecular weight is 308 g/mol. The predicted molar refractivity (Wildman–Crippen MR) is 75.7 cm³/mol. The first kappa shape index (κ1) is 13.4. The molecular weight excluding hydrogens is 296 g/mol. The summed E-state index contributed by atoms with van der Waals surface area (Å²) in [5, 5.41) is 6.50. The molecule has 0 unspecified atom stereocenters. The minimum atomic E-state index is -3.76. The first-order valence-electron chi connectivity index (χ1n) is 6.04. The van der Waals surface area contributed by atoms with Crippen LogP contribution in [0.25, 0.3) is 11.1 Å². The summed E-state index contributed by atoms with van der Waals surface area (Å²) in [7, 11) is -3.76. The zero-order chi connectivity index (χ0) is 15.2. The van der Waals surface area contributed by atoms with Crippen molar-refractivity contribution in [2.45, 2.75) is 18.7 Å². The molecule has 3 rings (SSSR count). The first-order chi connectivity index (χ1) is 9.87. The van der Waals surface area contributed by atoms with E-state index in [2.05, 4.69) is 19.9 Å². The minimum absolute atomic E-state index is 0.114. The van der Waals surface area contributed by atoms with Crippen molar-refractivity contribution in [1.29, 1.82) is 0 Å². The van der Waals surface area contributed by atoms with Gasteiger partial charge in [0.25, 0.3) is 10.0 Å². The van der Waals surface area contributed by atoms with Crippen LogP contribution in [0.1, 0.15) is 11.4 Å². The van der Waals surface area contributed by atoms with Gasteiger partial charge >= 0.3 is 5.76 Å². The van der Waals surface area contributed by atoms with E-state index < -0.39 is 15.8 Å². The Morgan fingerprint density at radius 3 is 2.71 bits per heavy atom. The van der Waals surface area contributed by atoms with Gasteiger partial charge in [0.1, 0.15) is 4.90 Å². The van der Waals surface area contributed by atoms with Crippen molar-refractivity contribution >= 4 is 26.8 Å². The number of hydrogen-bond donors (Lipinski definition) is 3. The van der Waals surface area contributed by atoms with E-state index in [0.717, 1.165) is 0 Å². The Kier molecular flexibility index (Phi) is 2.87. The lowest BCUT2D eigenvalue weighted by Gasteiger charge is -2.07. The largest absolute Gasteiger partial charge is 0.417 e. The summed E-state index contributed by atoms with van der Waals surface area (Å²) in [6, 6.07) is 4.52. The molecule has 0 spiro atoms. The van der Waals surface area contributed by atoms with E-state index in [9.17, 15) is 13.2 Å². The molecule has 9 heteroatoms. The number of aryl methyl sites for hydroxylation is 2. The number of benzene rings is 1. The van der Waals surface area contributed by atoms with E-state index in [1.165, 1.54) is 18.2 Å². The standard InChI is InChI=1S/C12H12N4O4S/c1-6-11(7(2)15-14-6)21(18,19)16-8-3-4-10-9(5-8)13-12(17)20-10/h3-5,16H,1-2H3,(H,13,17)(H,14,15). The van der Waals surface area contributed by atoms with Crippen molar-refractivity contribution in [2.24, 2.45) is 0 Å². The Balaban J connectivity index is 2.03. The maximum absolute atomic E-state index is 12.4. The summed E-state index contributed by atoms with van der Waals surface area (Å²) in [6.45, 7) is 3.24. The predicted octanol–water partition coefficient (Wildman–Crippen LogP) is 1.26. The Bertz CT molecular complexity index is 961. The molecule has 8 nitrogen and oxygen atoms in total. The molecule has 3 aromatic rings. The van der Waals surface area contributed by atoms with Crippen LogP contribution < -0.4 is 10.5 Å². The average Bonchev–Trinajstić information content (AvgIpc) is 2.90. The molecule has 0 bridgehead atoms. The highest BCUT2D eigenvalue weighted by Crippen LogP contribution is 2.22. The summed E-state index contributed by atoms with van der Waals surface area (Å²) in [5.74, 6) is -0.591. The minimum Gasteiger partial charge on any atom is -0.408 e. The molecule has 0 aliphatic heterocycles. The summed E-state index contributed by atoms with van der Waals surface area (Å²) in [4.78, 5) is 13.7. The zero-order valence-electron chi connectivity index (χ0n) is 11.2. The maximum atomic E-state index is 12.4. The van der Waals surface area contributed by atoms with Gasteiger partial charge in [0, 0.05) is 0 Å². The van der Waals surface area contributed by atoms with Gasteiger partial charge in [-0.15, -0.1) is 0 Å². The van der Waals surface area contributed by atoms with Gasteiger partial charge in [0.2, 0.25) is 0 Å². The number of anilines is 1. The van der Waals surface area contributed by atoms with Crippen LogP contribution in [0.4, 0.5) is 5.69 Å². The number of nitrogens with one attached hydrogen (secondary N) is 3. The van der Waals surface area contributed by atoms with E-state index in [0.29, 0.717) is 28.2 Å². The first-order valence-corrected chi connectivity index (χ1v) is 7.52. The SMILES string of the molecule is Cc1n[nH]c(C)c1S(=O)(=O)Nc1ccc2oc(=O)[nH]c2c1. The number of oxazole rings is 1.